The van der Waals surface area contributed by atoms with Crippen molar-refractivity contribution >= 4 is 12.4 Å². The molecule has 1 amide bonds. The van der Waals surface area contributed by atoms with E-state index in [1.54, 1.807) is 20.8 Å². The molecule has 0 saturated carbocycles. The molecule has 0 aliphatic heterocycles. The van der Waals surface area contributed by atoms with Gasteiger partial charge in [0.1, 0.15) is 11.9 Å². The second-order valence-electron chi connectivity index (χ2n) is 5.63. The van der Waals surface area contributed by atoms with Gasteiger partial charge in [0.05, 0.1) is 6.04 Å². The first-order valence-corrected chi connectivity index (χ1v) is 5.01. The van der Waals surface area contributed by atoms with Crippen molar-refractivity contribution in [3.8, 4) is 0 Å². The Morgan fingerprint density at radius 1 is 1.20 bits per heavy atom. The van der Waals surface area contributed by atoms with E-state index in [0.717, 1.165) is 6.29 Å². The summed E-state index contributed by atoms with van der Waals surface area (Å²) in [6.07, 6.45) is 0.165. The van der Waals surface area contributed by atoms with E-state index in [0.29, 0.717) is 0 Å². The molecule has 0 unspecified atom stereocenters. The molecule has 0 aliphatic rings. The van der Waals surface area contributed by atoms with Crippen LogP contribution in [0.2, 0.25) is 0 Å². The summed E-state index contributed by atoms with van der Waals surface area (Å²) in [7, 11) is 0. The number of aldehydes is 1. The van der Waals surface area contributed by atoms with E-state index >= 15 is 0 Å². The number of ether oxygens (including phenoxy) is 1. The number of amides is 1. The second-order valence-corrected chi connectivity index (χ2v) is 5.63. The van der Waals surface area contributed by atoms with Crippen molar-refractivity contribution in [2.24, 2.45) is 5.41 Å². The van der Waals surface area contributed by atoms with E-state index in [-0.39, 0.29) is 5.41 Å². The Morgan fingerprint density at radius 2 is 1.67 bits per heavy atom. The molecular formula is C11H21NO3. The fourth-order valence-corrected chi connectivity index (χ4v) is 0.889. The molecule has 0 radical (unpaired) electrons. The largest absolute Gasteiger partial charge is 0.444 e. The van der Waals surface area contributed by atoms with Gasteiger partial charge in [-0.2, -0.15) is 0 Å². The molecule has 88 valence electrons. The number of hydrogen-bond acceptors (Lipinski definition) is 3. The summed E-state index contributed by atoms with van der Waals surface area (Å²) in [5, 5.41) is 2.53. The zero-order valence-corrected chi connectivity index (χ0v) is 10.4. The number of rotatable bonds is 2. The molecule has 0 rings (SSSR count). The summed E-state index contributed by atoms with van der Waals surface area (Å²) in [4.78, 5) is 22.2. The van der Waals surface area contributed by atoms with Crippen LogP contribution in [0.4, 0.5) is 4.79 Å². The predicted octanol–water partition coefficient (Wildman–Crippen LogP) is 2.12. The first-order chi connectivity index (χ1) is 6.56. The van der Waals surface area contributed by atoms with Gasteiger partial charge in [0, 0.05) is 0 Å². The van der Waals surface area contributed by atoms with Crippen LogP contribution in [-0.4, -0.2) is 24.0 Å². The van der Waals surface area contributed by atoms with E-state index in [1.807, 2.05) is 20.8 Å². The van der Waals surface area contributed by atoms with Crippen molar-refractivity contribution in [2.75, 3.05) is 0 Å². The van der Waals surface area contributed by atoms with Crippen LogP contribution in [0.1, 0.15) is 41.5 Å². The number of nitrogens with one attached hydrogen (secondary N) is 1. The van der Waals surface area contributed by atoms with E-state index < -0.39 is 17.7 Å². The maximum absolute atomic E-state index is 11.4. The van der Waals surface area contributed by atoms with Crippen molar-refractivity contribution < 1.29 is 14.3 Å². The third-order valence-electron chi connectivity index (χ3n) is 1.74. The van der Waals surface area contributed by atoms with Gasteiger partial charge in [0.2, 0.25) is 0 Å². The first-order valence-electron chi connectivity index (χ1n) is 5.01. The lowest BCUT2D eigenvalue weighted by Crippen LogP contribution is -2.46. The van der Waals surface area contributed by atoms with Gasteiger partial charge >= 0.3 is 6.09 Å². The third-order valence-corrected chi connectivity index (χ3v) is 1.74. The fourth-order valence-electron chi connectivity index (χ4n) is 0.889. The molecule has 0 aromatic rings. The monoisotopic (exact) mass is 215 g/mol. The van der Waals surface area contributed by atoms with E-state index in [4.69, 9.17) is 4.74 Å². The molecule has 0 saturated heterocycles. The minimum Gasteiger partial charge on any atom is -0.444 e. The average Bonchev–Trinajstić information content (AvgIpc) is 1.94. The highest BCUT2D eigenvalue weighted by molar-refractivity contribution is 5.73. The quantitative estimate of drug-likeness (QED) is 0.718. The summed E-state index contributed by atoms with van der Waals surface area (Å²) < 4.78 is 5.06. The molecule has 0 aliphatic carbocycles. The smallest absolute Gasteiger partial charge is 0.408 e. The SMILES string of the molecule is CC(C)(C)OC(=O)N[C@@H](C=O)C(C)(C)C. The predicted molar refractivity (Wildman–Crippen MR) is 58.7 cm³/mol. The van der Waals surface area contributed by atoms with Crippen LogP contribution in [-0.2, 0) is 9.53 Å². The molecule has 4 heteroatoms. The Bertz CT molecular complexity index is 235. The zero-order chi connectivity index (χ0) is 12.3. The van der Waals surface area contributed by atoms with Gasteiger partial charge in [-0.3, -0.25) is 0 Å². The normalized spacial score (nSPS) is 14.3. The summed E-state index contributed by atoms with van der Waals surface area (Å²) in [6, 6.07) is -0.535. The molecule has 15 heavy (non-hydrogen) atoms. The maximum atomic E-state index is 11.4. The van der Waals surface area contributed by atoms with Crippen LogP contribution in [0.5, 0.6) is 0 Å². The van der Waals surface area contributed by atoms with Crippen LogP contribution < -0.4 is 5.32 Å². The minimum atomic E-state index is -0.561. The van der Waals surface area contributed by atoms with Crippen molar-refractivity contribution in [3.05, 3.63) is 0 Å². The van der Waals surface area contributed by atoms with Gasteiger partial charge in [-0.25, -0.2) is 4.79 Å². The van der Waals surface area contributed by atoms with Crippen LogP contribution in [0.15, 0.2) is 0 Å². The van der Waals surface area contributed by atoms with Crippen LogP contribution in [0, 0.1) is 5.41 Å². The Morgan fingerprint density at radius 3 is 1.93 bits per heavy atom. The zero-order valence-electron chi connectivity index (χ0n) is 10.4. The number of carbonyl (C=O) groups excluding carboxylic acids is 2. The van der Waals surface area contributed by atoms with Crippen molar-refractivity contribution in [2.45, 2.75) is 53.2 Å². The van der Waals surface area contributed by atoms with Crippen LogP contribution in [0.25, 0.3) is 0 Å². The lowest BCUT2D eigenvalue weighted by molar-refractivity contribution is -0.111. The van der Waals surface area contributed by atoms with Gasteiger partial charge in [0.15, 0.2) is 0 Å². The topological polar surface area (TPSA) is 55.4 Å². The molecule has 0 fully saturated rings. The summed E-state index contributed by atoms with van der Waals surface area (Å²) in [5.74, 6) is 0. The van der Waals surface area contributed by atoms with Gasteiger partial charge < -0.3 is 14.8 Å². The molecule has 4 nitrogen and oxygen atoms in total. The summed E-state index contributed by atoms with van der Waals surface area (Å²) >= 11 is 0. The summed E-state index contributed by atoms with van der Waals surface area (Å²) in [6.45, 7) is 11.0. The molecule has 0 bridgehead atoms. The number of hydrogen-bond donors (Lipinski definition) is 1. The number of alkyl carbamates (subject to hydrolysis) is 1. The highest BCUT2D eigenvalue weighted by Crippen LogP contribution is 2.18. The second kappa shape index (κ2) is 4.64. The highest BCUT2D eigenvalue weighted by Gasteiger charge is 2.27. The standard InChI is InChI=1S/C11H21NO3/c1-10(2,3)8(7-13)12-9(14)15-11(4,5)6/h7-8H,1-6H3,(H,12,14)/t8-/m0/s1. The molecular weight excluding hydrogens is 194 g/mol. The van der Waals surface area contributed by atoms with Crippen LogP contribution in [0.3, 0.4) is 0 Å². The number of carbonyl (C=O) groups is 2. The molecule has 0 heterocycles. The van der Waals surface area contributed by atoms with Crippen molar-refractivity contribution in [3.63, 3.8) is 0 Å². The lowest BCUT2D eigenvalue weighted by atomic mass is 9.88. The van der Waals surface area contributed by atoms with Crippen molar-refractivity contribution in [1.29, 1.82) is 0 Å². The van der Waals surface area contributed by atoms with E-state index in [1.165, 1.54) is 0 Å². The molecule has 0 spiro atoms. The maximum Gasteiger partial charge on any atom is 0.408 e. The van der Waals surface area contributed by atoms with E-state index in [2.05, 4.69) is 5.32 Å². The van der Waals surface area contributed by atoms with Crippen LogP contribution >= 0.6 is 0 Å². The molecule has 1 N–H and O–H groups in total. The van der Waals surface area contributed by atoms with Gasteiger partial charge in [0.25, 0.3) is 0 Å². The summed E-state index contributed by atoms with van der Waals surface area (Å²) in [5.41, 5.74) is -0.853. The minimum absolute atomic E-state index is 0.307. The first kappa shape index (κ1) is 13.9. The average molecular weight is 215 g/mol. The van der Waals surface area contributed by atoms with Gasteiger partial charge in [-0.05, 0) is 26.2 Å². The van der Waals surface area contributed by atoms with Gasteiger partial charge in [-0.15, -0.1) is 0 Å². The molecule has 0 aromatic heterocycles. The fraction of sp³-hybridized carbons (Fsp3) is 0.818. The van der Waals surface area contributed by atoms with Gasteiger partial charge in [-0.1, -0.05) is 20.8 Å². The Labute approximate surface area is 91.4 Å². The van der Waals surface area contributed by atoms with E-state index in [9.17, 15) is 9.59 Å². The molecule has 1 atom stereocenters. The third kappa shape index (κ3) is 6.10. The Hall–Kier alpha value is -1.06. The Kier molecular flexibility index (Phi) is 4.31. The lowest BCUT2D eigenvalue weighted by Gasteiger charge is -2.28. The molecule has 0 aromatic carbocycles. The Balaban J connectivity index is 4.33. The highest BCUT2D eigenvalue weighted by atomic mass is 16.6. The van der Waals surface area contributed by atoms with Crippen molar-refractivity contribution in [1.82, 2.24) is 5.32 Å².